The minimum absolute atomic E-state index is 0.00682. The topological polar surface area (TPSA) is 77.8 Å². The first-order valence-electron chi connectivity index (χ1n) is 9.27. The maximum Gasteiger partial charge on any atom is 0.340 e. The Morgan fingerprint density at radius 3 is 2.70 bits per heavy atom. The molecule has 2 heterocycles. The van der Waals surface area contributed by atoms with Crippen LogP contribution in [0.25, 0.3) is 11.0 Å². The zero-order chi connectivity index (χ0) is 19.9. The summed E-state index contributed by atoms with van der Waals surface area (Å²) in [6, 6.07) is 1.86. The molecule has 0 saturated carbocycles. The Bertz CT molecular complexity index is 955. The van der Waals surface area contributed by atoms with Gasteiger partial charge in [-0.25, -0.2) is 4.79 Å². The lowest BCUT2D eigenvalue weighted by molar-refractivity contribution is -0.120. The molecule has 2 aromatic rings. The highest BCUT2D eigenvalue weighted by Gasteiger charge is 2.31. The molecule has 0 atom stereocenters. The van der Waals surface area contributed by atoms with Gasteiger partial charge < -0.3 is 19.2 Å². The number of methoxy groups -OCH3 is 1. The fourth-order valence-corrected chi connectivity index (χ4v) is 3.58. The molecule has 146 valence electrons. The molecule has 1 amide bonds. The SMILES string of the molecule is COc1cc2c(c3oc(=O)c(CC(=O)NC(C)C)c(C)c13)CCC(C)(C)O2. The molecule has 1 aromatic carbocycles. The maximum absolute atomic E-state index is 12.7. The molecule has 6 heteroatoms. The minimum atomic E-state index is -0.487. The highest BCUT2D eigenvalue weighted by Crippen LogP contribution is 2.43. The lowest BCUT2D eigenvalue weighted by atomic mass is 9.91. The molecule has 0 aliphatic carbocycles. The Labute approximate surface area is 158 Å². The molecule has 0 unspecified atom stereocenters. The van der Waals surface area contributed by atoms with E-state index in [1.165, 1.54) is 0 Å². The first-order valence-corrected chi connectivity index (χ1v) is 9.27. The van der Waals surface area contributed by atoms with E-state index in [0.717, 1.165) is 23.8 Å². The van der Waals surface area contributed by atoms with E-state index in [-0.39, 0.29) is 24.0 Å². The lowest BCUT2D eigenvalue weighted by Crippen LogP contribution is -2.33. The zero-order valence-electron chi connectivity index (χ0n) is 16.8. The quantitative estimate of drug-likeness (QED) is 0.832. The summed E-state index contributed by atoms with van der Waals surface area (Å²) >= 11 is 0. The van der Waals surface area contributed by atoms with Gasteiger partial charge in [-0.05, 0) is 53.0 Å². The van der Waals surface area contributed by atoms with Crippen LogP contribution in [0.5, 0.6) is 11.5 Å². The third-order valence-corrected chi connectivity index (χ3v) is 4.95. The Morgan fingerprint density at radius 1 is 1.37 bits per heavy atom. The van der Waals surface area contributed by atoms with Crippen LogP contribution in [-0.4, -0.2) is 24.7 Å². The number of carbonyl (C=O) groups excluding carboxylic acids is 1. The fourth-order valence-electron chi connectivity index (χ4n) is 3.58. The van der Waals surface area contributed by atoms with Crippen molar-refractivity contribution in [2.24, 2.45) is 0 Å². The summed E-state index contributed by atoms with van der Waals surface area (Å²) < 4.78 is 17.3. The van der Waals surface area contributed by atoms with Crippen LogP contribution in [0.4, 0.5) is 0 Å². The summed E-state index contributed by atoms with van der Waals surface area (Å²) in [5.41, 5.74) is 1.68. The van der Waals surface area contributed by atoms with Crippen molar-refractivity contribution in [2.75, 3.05) is 7.11 Å². The predicted octanol–water partition coefficient (Wildman–Crippen LogP) is 3.28. The molecule has 0 spiro atoms. The number of nitrogens with one attached hydrogen (secondary N) is 1. The van der Waals surface area contributed by atoms with Gasteiger partial charge in [-0.3, -0.25) is 4.79 Å². The van der Waals surface area contributed by atoms with Crippen molar-refractivity contribution < 1.29 is 18.7 Å². The Kier molecular flexibility index (Phi) is 4.93. The van der Waals surface area contributed by atoms with E-state index >= 15 is 0 Å². The first-order chi connectivity index (χ1) is 12.6. The highest BCUT2D eigenvalue weighted by atomic mass is 16.5. The standard InChI is InChI=1S/C21H27NO5/c1-11(2)22-17(23)9-14-12(3)18-16(25-6)10-15-13(19(18)26-20(14)24)7-8-21(4,5)27-15/h10-11H,7-9H2,1-6H3,(H,22,23). The Balaban J connectivity index is 2.19. The minimum Gasteiger partial charge on any atom is -0.496 e. The van der Waals surface area contributed by atoms with Crippen LogP contribution in [0.15, 0.2) is 15.3 Å². The summed E-state index contributed by atoms with van der Waals surface area (Å²) in [5, 5.41) is 3.54. The predicted molar refractivity (Wildman–Crippen MR) is 104 cm³/mol. The van der Waals surface area contributed by atoms with E-state index in [4.69, 9.17) is 13.9 Å². The van der Waals surface area contributed by atoms with E-state index in [2.05, 4.69) is 5.32 Å². The molecular formula is C21H27NO5. The van der Waals surface area contributed by atoms with Crippen molar-refractivity contribution in [2.45, 2.75) is 65.5 Å². The average molecular weight is 373 g/mol. The Hall–Kier alpha value is -2.50. The summed E-state index contributed by atoms with van der Waals surface area (Å²) in [7, 11) is 1.57. The van der Waals surface area contributed by atoms with Crippen LogP contribution in [0.3, 0.4) is 0 Å². The molecule has 1 N–H and O–H groups in total. The van der Waals surface area contributed by atoms with E-state index in [0.29, 0.717) is 28.2 Å². The van der Waals surface area contributed by atoms with Crippen LogP contribution < -0.4 is 20.4 Å². The third-order valence-electron chi connectivity index (χ3n) is 4.95. The summed E-state index contributed by atoms with van der Waals surface area (Å²) in [6.07, 6.45) is 1.55. The van der Waals surface area contributed by atoms with Crippen LogP contribution in [0.2, 0.25) is 0 Å². The van der Waals surface area contributed by atoms with Crippen molar-refractivity contribution >= 4 is 16.9 Å². The smallest absolute Gasteiger partial charge is 0.340 e. The fraction of sp³-hybridized carbons (Fsp3) is 0.524. The molecule has 0 saturated heterocycles. The van der Waals surface area contributed by atoms with Crippen LogP contribution >= 0.6 is 0 Å². The molecule has 1 aromatic heterocycles. The van der Waals surface area contributed by atoms with Gasteiger partial charge in [0, 0.05) is 17.7 Å². The van der Waals surface area contributed by atoms with Gasteiger partial charge in [0.25, 0.3) is 0 Å². The van der Waals surface area contributed by atoms with Crippen molar-refractivity contribution in [3.8, 4) is 11.5 Å². The third kappa shape index (κ3) is 3.66. The van der Waals surface area contributed by atoms with E-state index < -0.39 is 5.63 Å². The van der Waals surface area contributed by atoms with Crippen LogP contribution in [0, 0.1) is 6.92 Å². The number of hydrogen-bond donors (Lipinski definition) is 1. The molecule has 27 heavy (non-hydrogen) atoms. The average Bonchev–Trinajstić information content (AvgIpc) is 2.55. The van der Waals surface area contributed by atoms with Gasteiger partial charge >= 0.3 is 5.63 Å². The van der Waals surface area contributed by atoms with Crippen molar-refractivity contribution in [3.63, 3.8) is 0 Å². The second-order valence-electron chi connectivity index (χ2n) is 8.01. The normalized spacial score (nSPS) is 15.4. The highest BCUT2D eigenvalue weighted by molar-refractivity contribution is 5.93. The number of ether oxygens (including phenoxy) is 2. The number of benzene rings is 1. The molecule has 0 fully saturated rings. The summed E-state index contributed by atoms with van der Waals surface area (Å²) in [4.78, 5) is 24.8. The molecule has 3 rings (SSSR count). The second-order valence-corrected chi connectivity index (χ2v) is 8.01. The van der Waals surface area contributed by atoms with Gasteiger partial charge in [-0.1, -0.05) is 0 Å². The number of fused-ring (bicyclic) bond motifs is 3. The molecule has 1 aliphatic rings. The maximum atomic E-state index is 12.7. The number of rotatable bonds is 4. The second kappa shape index (κ2) is 6.91. The van der Waals surface area contributed by atoms with Crippen molar-refractivity contribution in [3.05, 3.63) is 33.2 Å². The van der Waals surface area contributed by atoms with Crippen molar-refractivity contribution in [1.82, 2.24) is 5.32 Å². The van der Waals surface area contributed by atoms with Crippen molar-refractivity contribution in [1.29, 1.82) is 0 Å². The molecule has 6 nitrogen and oxygen atoms in total. The Morgan fingerprint density at radius 2 is 2.07 bits per heavy atom. The first kappa shape index (κ1) is 19.3. The lowest BCUT2D eigenvalue weighted by Gasteiger charge is -2.33. The molecule has 1 aliphatic heterocycles. The molecule has 0 radical (unpaired) electrons. The molecular weight excluding hydrogens is 346 g/mol. The number of carbonyl (C=O) groups is 1. The van der Waals surface area contributed by atoms with Gasteiger partial charge in [0.15, 0.2) is 0 Å². The number of aryl methyl sites for hydroxylation is 2. The molecule has 0 bridgehead atoms. The van der Waals surface area contributed by atoms with Gasteiger partial charge in [-0.2, -0.15) is 0 Å². The van der Waals surface area contributed by atoms with Gasteiger partial charge in [0.2, 0.25) is 5.91 Å². The van der Waals surface area contributed by atoms with Gasteiger partial charge in [-0.15, -0.1) is 0 Å². The summed E-state index contributed by atoms with van der Waals surface area (Å²) in [6.45, 7) is 9.66. The number of amides is 1. The van der Waals surface area contributed by atoms with E-state index in [1.54, 1.807) is 7.11 Å². The number of hydrogen-bond acceptors (Lipinski definition) is 5. The van der Waals surface area contributed by atoms with Gasteiger partial charge in [0.1, 0.15) is 22.7 Å². The zero-order valence-corrected chi connectivity index (χ0v) is 16.8. The van der Waals surface area contributed by atoms with Gasteiger partial charge in [0.05, 0.1) is 24.5 Å². The monoisotopic (exact) mass is 373 g/mol. The van der Waals surface area contributed by atoms with E-state index in [1.807, 2.05) is 40.7 Å². The van der Waals surface area contributed by atoms with E-state index in [9.17, 15) is 9.59 Å². The van der Waals surface area contributed by atoms with Crippen LogP contribution in [0.1, 0.15) is 50.8 Å². The summed E-state index contributed by atoms with van der Waals surface area (Å²) in [5.74, 6) is 1.05. The van der Waals surface area contributed by atoms with Crippen LogP contribution in [-0.2, 0) is 17.6 Å². The largest absolute Gasteiger partial charge is 0.496 e.